The molecule has 90 valence electrons. The van der Waals surface area contributed by atoms with Crippen molar-refractivity contribution in [3.05, 3.63) is 35.2 Å². The maximum absolute atomic E-state index is 11.9. The monoisotopic (exact) mass is 234 g/mol. The molecule has 0 saturated heterocycles. The molecule has 0 aliphatic heterocycles. The average molecular weight is 234 g/mol. The third kappa shape index (κ3) is 2.35. The van der Waals surface area contributed by atoms with Crippen LogP contribution in [0.3, 0.4) is 0 Å². The third-order valence-electron chi connectivity index (χ3n) is 2.45. The van der Waals surface area contributed by atoms with Gasteiger partial charge in [-0.05, 0) is 6.92 Å². The summed E-state index contributed by atoms with van der Waals surface area (Å²) in [4.78, 5) is 18.9. The largest absolute Gasteiger partial charge is 0.360 e. The number of aromatic amines is 1. The number of amides is 1. The highest BCUT2D eigenvalue weighted by molar-refractivity contribution is 5.96. The number of nitrogens with one attached hydrogen (secondary N) is 2. The molecule has 0 fully saturated rings. The van der Waals surface area contributed by atoms with Crippen molar-refractivity contribution in [3.8, 4) is 0 Å². The van der Waals surface area contributed by atoms with E-state index in [0.29, 0.717) is 35.8 Å². The van der Waals surface area contributed by atoms with Gasteiger partial charge in [-0.15, -0.1) is 0 Å². The van der Waals surface area contributed by atoms with Crippen LogP contribution in [0.5, 0.6) is 0 Å². The SMILES string of the molecule is CCc1onc(C)c1C(=O)NCc1ncc[nH]1. The highest BCUT2D eigenvalue weighted by atomic mass is 16.5. The minimum atomic E-state index is -0.183. The van der Waals surface area contributed by atoms with Crippen LogP contribution >= 0.6 is 0 Å². The molecule has 2 N–H and O–H groups in total. The lowest BCUT2D eigenvalue weighted by molar-refractivity contribution is 0.0947. The second-order valence-electron chi connectivity index (χ2n) is 3.64. The molecule has 6 heteroatoms. The van der Waals surface area contributed by atoms with E-state index in [0.717, 1.165) is 0 Å². The fraction of sp³-hybridized carbons (Fsp3) is 0.364. The second-order valence-corrected chi connectivity index (χ2v) is 3.64. The molecule has 2 heterocycles. The Balaban J connectivity index is 2.06. The second kappa shape index (κ2) is 4.82. The van der Waals surface area contributed by atoms with Gasteiger partial charge in [-0.2, -0.15) is 0 Å². The summed E-state index contributed by atoms with van der Waals surface area (Å²) in [5.41, 5.74) is 1.14. The van der Waals surface area contributed by atoms with Gasteiger partial charge >= 0.3 is 0 Å². The number of rotatable bonds is 4. The number of hydrogen-bond donors (Lipinski definition) is 2. The van der Waals surface area contributed by atoms with Crippen LogP contribution in [0.2, 0.25) is 0 Å². The zero-order valence-corrected chi connectivity index (χ0v) is 9.78. The van der Waals surface area contributed by atoms with Crippen molar-refractivity contribution in [2.45, 2.75) is 26.8 Å². The van der Waals surface area contributed by atoms with Crippen LogP contribution in [0, 0.1) is 6.92 Å². The van der Waals surface area contributed by atoms with Gasteiger partial charge in [0.2, 0.25) is 0 Å². The van der Waals surface area contributed by atoms with Gasteiger partial charge in [0, 0.05) is 18.8 Å². The van der Waals surface area contributed by atoms with Crippen LogP contribution in [0.1, 0.15) is 34.6 Å². The number of hydrogen-bond acceptors (Lipinski definition) is 4. The first-order chi connectivity index (χ1) is 8.22. The fourth-order valence-corrected chi connectivity index (χ4v) is 1.60. The fourth-order valence-electron chi connectivity index (χ4n) is 1.60. The summed E-state index contributed by atoms with van der Waals surface area (Å²) >= 11 is 0. The highest BCUT2D eigenvalue weighted by Crippen LogP contribution is 2.13. The summed E-state index contributed by atoms with van der Waals surface area (Å²) in [6, 6.07) is 0. The molecular weight excluding hydrogens is 220 g/mol. The van der Waals surface area contributed by atoms with Crippen molar-refractivity contribution >= 4 is 5.91 Å². The Morgan fingerprint density at radius 3 is 3.06 bits per heavy atom. The molecular formula is C11H14N4O2. The van der Waals surface area contributed by atoms with Gasteiger partial charge in [-0.1, -0.05) is 12.1 Å². The Morgan fingerprint density at radius 2 is 2.41 bits per heavy atom. The lowest BCUT2D eigenvalue weighted by Gasteiger charge is -2.02. The summed E-state index contributed by atoms with van der Waals surface area (Å²) in [5.74, 6) is 1.14. The molecule has 0 aromatic carbocycles. The molecule has 0 radical (unpaired) electrons. The average Bonchev–Trinajstić information content (AvgIpc) is 2.94. The van der Waals surface area contributed by atoms with Crippen molar-refractivity contribution in [1.82, 2.24) is 20.4 Å². The van der Waals surface area contributed by atoms with Crippen LogP contribution in [-0.2, 0) is 13.0 Å². The molecule has 1 amide bonds. The van der Waals surface area contributed by atoms with Crippen molar-refractivity contribution in [1.29, 1.82) is 0 Å². The zero-order valence-electron chi connectivity index (χ0n) is 9.78. The third-order valence-corrected chi connectivity index (χ3v) is 2.45. The van der Waals surface area contributed by atoms with Crippen LogP contribution in [0.15, 0.2) is 16.9 Å². The molecule has 0 atom stereocenters. The van der Waals surface area contributed by atoms with E-state index >= 15 is 0 Å². The van der Waals surface area contributed by atoms with Crippen molar-refractivity contribution < 1.29 is 9.32 Å². The van der Waals surface area contributed by atoms with Crippen molar-refractivity contribution in [3.63, 3.8) is 0 Å². The predicted octanol–water partition coefficient (Wildman–Crippen LogP) is 1.20. The van der Waals surface area contributed by atoms with E-state index < -0.39 is 0 Å². The first kappa shape index (κ1) is 11.4. The van der Waals surface area contributed by atoms with E-state index in [-0.39, 0.29) is 5.91 Å². The van der Waals surface area contributed by atoms with Crippen LogP contribution in [0.25, 0.3) is 0 Å². The number of carbonyl (C=O) groups is 1. The van der Waals surface area contributed by atoms with Gasteiger partial charge in [0.05, 0.1) is 12.2 Å². The first-order valence-electron chi connectivity index (χ1n) is 5.44. The number of H-pyrrole nitrogens is 1. The van der Waals surface area contributed by atoms with Gasteiger partial charge in [-0.3, -0.25) is 4.79 Å². The highest BCUT2D eigenvalue weighted by Gasteiger charge is 2.18. The standard InChI is InChI=1S/C11H14N4O2/c1-3-8-10(7(2)15-17-8)11(16)14-6-9-12-4-5-13-9/h4-5H,3,6H2,1-2H3,(H,12,13)(H,14,16). The number of carbonyl (C=O) groups excluding carboxylic acids is 1. The normalized spacial score (nSPS) is 10.5. The molecule has 17 heavy (non-hydrogen) atoms. The zero-order chi connectivity index (χ0) is 12.3. The van der Waals surface area contributed by atoms with Crippen molar-refractivity contribution in [2.75, 3.05) is 0 Å². The lowest BCUT2D eigenvalue weighted by atomic mass is 10.1. The quantitative estimate of drug-likeness (QED) is 0.832. The first-order valence-corrected chi connectivity index (χ1v) is 5.44. The molecule has 2 rings (SSSR count). The topological polar surface area (TPSA) is 83.8 Å². The van der Waals surface area contributed by atoms with E-state index in [1.54, 1.807) is 19.3 Å². The summed E-state index contributed by atoms with van der Waals surface area (Å²) in [5, 5.41) is 6.56. The maximum atomic E-state index is 11.9. The number of aromatic nitrogens is 3. The number of nitrogens with zero attached hydrogens (tertiary/aromatic N) is 2. The molecule has 2 aromatic heterocycles. The Hall–Kier alpha value is -2.11. The molecule has 0 spiro atoms. The van der Waals surface area contributed by atoms with Gasteiger partial charge in [0.15, 0.2) is 0 Å². The molecule has 2 aromatic rings. The van der Waals surface area contributed by atoms with E-state index in [4.69, 9.17) is 4.52 Å². The van der Waals surface area contributed by atoms with E-state index in [1.165, 1.54) is 0 Å². The Labute approximate surface area is 98.4 Å². The molecule has 0 bridgehead atoms. The molecule has 0 aliphatic carbocycles. The van der Waals surface area contributed by atoms with Crippen LogP contribution in [-0.4, -0.2) is 21.0 Å². The van der Waals surface area contributed by atoms with Gasteiger partial charge in [0.1, 0.15) is 17.1 Å². The van der Waals surface area contributed by atoms with E-state index in [9.17, 15) is 4.79 Å². The van der Waals surface area contributed by atoms with Crippen LogP contribution < -0.4 is 5.32 Å². The smallest absolute Gasteiger partial charge is 0.257 e. The molecule has 0 unspecified atom stereocenters. The van der Waals surface area contributed by atoms with E-state index in [2.05, 4.69) is 20.4 Å². The number of aryl methyl sites for hydroxylation is 2. The van der Waals surface area contributed by atoms with Crippen LogP contribution in [0.4, 0.5) is 0 Å². The van der Waals surface area contributed by atoms with Gasteiger partial charge in [0.25, 0.3) is 5.91 Å². The summed E-state index contributed by atoms with van der Waals surface area (Å²) in [6.07, 6.45) is 4.00. The summed E-state index contributed by atoms with van der Waals surface area (Å²) in [6.45, 7) is 4.04. The maximum Gasteiger partial charge on any atom is 0.257 e. The molecule has 0 aliphatic rings. The Kier molecular flexibility index (Phi) is 3.22. The summed E-state index contributed by atoms with van der Waals surface area (Å²) in [7, 11) is 0. The molecule has 6 nitrogen and oxygen atoms in total. The molecule has 0 saturated carbocycles. The minimum Gasteiger partial charge on any atom is -0.360 e. The van der Waals surface area contributed by atoms with Crippen molar-refractivity contribution in [2.24, 2.45) is 0 Å². The Morgan fingerprint density at radius 1 is 1.59 bits per heavy atom. The van der Waals surface area contributed by atoms with E-state index in [1.807, 2.05) is 6.92 Å². The predicted molar refractivity (Wildman–Crippen MR) is 60.4 cm³/mol. The minimum absolute atomic E-state index is 0.183. The van der Waals surface area contributed by atoms with Gasteiger partial charge in [-0.25, -0.2) is 4.98 Å². The summed E-state index contributed by atoms with van der Waals surface area (Å²) < 4.78 is 5.07. The number of imidazole rings is 1. The Bertz CT molecular complexity index is 502. The lowest BCUT2D eigenvalue weighted by Crippen LogP contribution is -2.24. The van der Waals surface area contributed by atoms with Gasteiger partial charge < -0.3 is 14.8 Å².